The highest BCUT2D eigenvalue weighted by atomic mass is 35.5. The van der Waals surface area contributed by atoms with E-state index in [1.165, 1.54) is 12.1 Å². The Labute approximate surface area is 173 Å². The predicted octanol–water partition coefficient (Wildman–Crippen LogP) is 3.77. The van der Waals surface area contributed by atoms with Crippen molar-refractivity contribution in [2.24, 2.45) is 5.41 Å². The Morgan fingerprint density at radius 1 is 1.26 bits per heavy atom. The molecular weight excluding hydrogens is 433 g/mol. The smallest absolute Gasteiger partial charge is 0.332 e. The number of hydrogen-bond acceptors (Lipinski definition) is 5. The van der Waals surface area contributed by atoms with Crippen molar-refractivity contribution in [1.29, 1.82) is 0 Å². The summed E-state index contributed by atoms with van der Waals surface area (Å²) >= 11 is 15.1. The molecule has 0 amide bonds. The molecule has 27 heavy (non-hydrogen) atoms. The summed E-state index contributed by atoms with van der Waals surface area (Å²) in [5.74, 6) is -1.89. The zero-order chi connectivity index (χ0) is 20.0. The van der Waals surface area contributed by atoms with Crippen LogP contribution < -0.4 is 4.72 Å². The van der Waals surface area contributed by atoms with Crippen molar-refractivity contribution in [3.63, 3.8) is 0 Å². The number of hydrogen-bond donors (Lipinski definition) is 4. The largest absolute Gasteiger partial charge is 0.478 e. The van der Waals surface area contributed by atoms with Crippen LogP contribution in [-0.4, -0.2) is 35.2 Å². The highest BCUT2D eigenvalue weighted by Crippen LogP contribution is 2.53. The van der Waals surface area contributed by atoms with E-state index in [-0.39, 0.29) is 33.2 Å². The summed E-state index contributed by atoms with van der Waals surface area (Å²) in [4.78, 5) is 11.8. The van der Waals surface area contributed by atoms with Gasteiger partial charge < -0.3 is 5.11 Å². The second kappa shape index (κ2) is 7.50. The Bertz CT molecular complexity index is 895. The van der Waals surface area contributed by atoms with Crippen molar-refractivity contribution in [2.45, 2.75) is 41.4 Å². The lowest BCUT2D eigenvalue weighted by Gasteiger charge is -2.39. The first-order valence-electron chi connectivity index (χ1n) is 8.35. The van der Waals surface area contributed by atoms with Gasteiger partial charge in [0.15, 0.2) is 0 Å². The van der Waals surface area contributed by atoms with Gasteiger partial charge >= 0.3 is 5.97 Å². The number of anilines is 1. The quantitative estimate of drug-likeness (QED) is 0.525. The van der Waals surface area contributed by atoms with E-state index in [0.29, 0.717) is 6.42 Å². The first-order valence-corrected chi connectivity index (χ1v) is 11.3. The van der Waals surface area contributed by atoms with Crippen LogP contribution in [0, 0.1) is 11.2 Å². The number of nitrogens with one attached hydrogen (secondary N) is 1. The number of rotatable bonds is 4. The molecule has 3 unspecified atom stereocenters. The number of carboxylic acid groups (broad SMARTS) is 1. The third kappa shape index (κ3) is 3.83. The minimum Gasteiger partial charge on any atom is -0.478 e. The summed E-state index contributed by atoms with van der Waals surface area (Å²) < 4.78 is 41.2. The Morgan fingerprint density at radius 3 is 2.44 bits per heavy atom. The maximum atomic E-state index is 13.2. The Kier molecular flexibility index (Phi) is 5.78. The molecule has 10 heteroatoms. The van der Waals surface area contributed by atoms with E-state index in [1.54, 1.807) is 0 Å². The number of carbonyl (C=O) groups is 1. The molecule has 0 radical (unpaired) electrons. The molecule has 1 fully saturated rings. The van der Waals surface area contributed by atoms with Crippen LogP contribution in [0.3, 0.4) is 0 Å². The second-order valence-corrected chi connectivity index (χ2v) is 10.4. The van der Waals surface area contributed by atoms with Crippen LogP contribution in [0.2, 0.25) is 5.02 Å². The monoisotopic (exact) mass is 451 g/mol. The van der Waals surface area contributed by atoms with E-state index < -0.39 is 32.5 Å². The van der Waals surface area contributed by atoms with Gasteiger partial charge in [-0.15, -0.1) is 0 Å². The molecule has 2 aliphatic carbocycles. The Balaban J connectivity index is 1.97. The molecule has 5 nitrogen and oxygen atoms in total. The summed E-state index contributed by atoms with van der Waals surface area (Å²) in [5, 5.41) is 8.17. The maximum absolute atomic E-state index is 13.2. The average molecular weight is 452 g/mol. The van der Waals surface area contributed by atoms with E-state index >= 15 is 0 Å². The van der Waals surface area contributed by atoms with E-state index in [4.69, 9.17) is 11.6 Å². The Hall–Kier alpha value is -0.900. The number of benzene rings is 1. The minimum absolute atomic E-state index is 0.00287. The van der Waals surface area contributed by atoms with Gasteiger partial charge in [0, 0.05) is 15.9 Å². The molecule has 0 aliphatic heterocycles. The number of sulfonamides is 1. The highest BCUT2D eigenvalue weighted by molar-refractivity contribution is 7.93. The molecule has 1 saturated carbocycles. The van der Waals surface area contributed by atoms with Crippen LogP contribution in [0.15, 0.2) is 29.8 Å². The number of thiol groups is 2. The summed E-state index contributed by atoms with van der Waals surface area (Å²) in [6.07, 6.45) is 3.72. The molecule has 148 valence electrons. The van der Waals surface area contributed by atoms with Gasteiger partial charge in [0.25, 0.3) is 0 Å². The first-order chi connectivity index (χ1) is 12.6. The summed E-state index contributed by atoms with van der Waals surface area (Å²) in [6, 6.07) is 3.26. The van der Waals surface area contributed by atoms with Crippen molar-refractivity contribution in [2.75, 3.05) is 4.72 Å². The third-order valence-corrected chi connectivity index (χ3v) is 8.90. The fraction of sp³-hybridized carbons (Fsp3) is 0.471. The fourth-order valence-corrected chi connectivity index (χ4v) is 6.92. The van der Waals surface area contributed by atoms with Gasteiger partial charge in [-0.3, -0.25) is 4.72 Å². The number of halogens is 2. The van der Waals surface area contributed by atoms with Crippen molar-refractivity contribution < 1.29 is 22.7 Å². The number of carboxylic acids is 1. The summed E-state index contributed by atoms with van der Waals surface area (Å²) in [5.41, 5.74) is -0.727. The van der Waals surface area contributed by atoms with Gasteiger partial charge in [-0.1, -0.05) is 17.7 Å². The maximum Gasteiger partial charge on any atom is 0.332 e. The molecule has 1 aromatic rings. The third-order valence-electron chi connectivity index (χ3n) is 5.37. The van der Waals surface area contributed by atoms with Crippen molar-refractivity contribution in [1.82, 2.24) is 0 Å². The van der Waals surface area contributed by atoms with E-state index in [9.17, 15) is 22.7 Å². The topological polar surface area (TPSA) is 83.5 Å². The molecule has 3 rings (SSSR count). The Morgan fingerprint density at radius 2 is 1.89 bits per heavy atom. The van der Waals surface area contributed by atoms with Crippen LogP contribution in [-0.2, 0) is 14.8 Å². The van der Waals surface area contributed by atoms with Crippen LogP contribution in [0.25, 0.3) is 0 Å². The van der Waals surface area contributed by atoms with Crippen molar-refractivity contribution in [3.8, 4) is 0 Å². The molecule has 2 aliphatic rings. The predicted molar refractivity (Wildman–Crippen MR) is 110 cm³/mol. The molecule has 0 aromatic heterocycles. The lowest BCUT2D eigenvalue weighted by Crippen LogP contribution is -2.42. The molecular formula is C17H19ClFNO4S3. The van der Waals surface area contributed by atoms with Crippen LogP contribution in [0.1, 0.15) is 25.7 Å². The van der Waals surface area contributed by atoms with E-state index in [0.717, 1.165) is 25.0 Å². The van der Waals surface area contributed by atoms with Crippen molar-refractivity contribution in [3.05, 3.63) is 40.7 Å². The van der Waals surface area contributed by atoms with Gasteiger partial charge in [-0.2, -0.15) is 25.3 Å². The summed E-state index contributed by atoms with van der Waals surface area (Å²) in [7, 11) is -4.10. The van der Waals surface area contributed by atoms with E-state index in [1.807, 2.05) is 0 Å². The standard InChI is InChI=1S/C17H19ClFNO4S3/c18-11-7-9(19)1-2-12(11)20-27(23,24)13-5-6-17(8-10(13)16(21)22)14(25)3-4-15(17)26/h1-2,7-8,13-15,20,25-26H,3-6H2,(H,21,22). The van der Waals surface area contributed by atoms with Crippen LogP contribution in [0.5, 0.6) is 0 Å². The normalized spacial score (nSPS) is 31.0. The molecule has 2 N–H and O–H groups in total. The van der Waals surface area contributed by atoms with Gasteiger partial charge in [-0.25, -0.2) is 17.6 Å². The van der Waals surface area contributed by atoms with Crippen LogP contribution >= 0.6 is 36.9 Å². The lowest BCUT2D eigenvalue weighted by atomic mass is 9.74. The number of allylic oxidation sites excluding steroid dienone is 1. The molecule has 1 spiro atoms. The van der Waals surface area contributed by atoms with Gasteiger partial charge in [0.05, 0.1) is 16.3 Å². The van der Waals surface area contributed by atoms with Gasteiger partial charge in [0.2, 0.25) is 10.0 Å². The van der Waals surface area contributed by atoms with E-state index in [2.05, 4.69) is 30.0 Å². The highest BCUT2D eigenvalue weighted by Gasteiger charge is 2.51. The van der Waals surface area contributed by atoms with Gasteiger partial charge in [0.1, 0.15) is 11.1 Å². The lowest BCUT2D eigenvalue weighted by molar-refractivity contribution is -0.133. The molecule has 3 atom stereocenters. The average Bonchev–Trinajstić information content (AvgIpc) is 2.85. The zero-order valence-electron chi connectivity index (χ0n) is 14.1. The SMILES string of the molecule is O=C(O)C1=CC2(CCC1S(=O)(=O)Nc1ccc(F)cc1Cl)C(S)CCC2S. The van der Waals surface area contributed by atoms with Crippen LogP contribution in [0.4, 0.5) is 10.1 Å². The van der Waals surface area contributed by atoms with Gasteiger partial charge in [-0.05, 0) is 43.9 Å². The minimum atomic E-state index is -4.10. The molecule has 0 bridgehead atoms. The molecule has 0 heterocycles. The zero-order valence-corrected chi connectivity index (χ0v) is 17.5. The molecule has 0 saturated heterocycles. The van der Waals surface area contributed by atoms with Crippen molar-refractivity contribution >= 4 is 58.5 Å². The summed E-state index contributed by atoms with van der Waals surface area (Å²) in [6.45, 7) is 0. The second-order valence-electron chi connectivity index (χ2n) is 6.92. The molecule has 1 aromatic carbocycles. The first kappa shape index (κ1) is 20.8. The number of aliphatic carboxylic acids is 1. The fourth-order valence-electron chi connectivity index (χ4n) is 3.91.